The van der Waals surface area contributed by atoms with Gasteiger partial charge in [0.2, 0.25) is 0 Å². The lowest BCUT2D eigenvalue weighted by Crippen LogP contribution is -2.24. The van der Waals surface area contributed by atoms with Gasteiger partial charge in [-0.05, 0) is 13.0 Å². The number of rotatable bonds is 1. The lowest BCUT2D eigenvalue weighted by Gasteiger charge is -2.19. The molecule has 0 aliphatic rings. The molecule has 2 rings (SSSR count). The van der Waals surface area contributed by atoms with Crippen LogP contribution in [0.1, 0.15) is 5.56 Å². The van der Waals surface area contributed by atoms with E-state index in [4.69, 9.17) is 0 Å². The van der Waals surface area contributed by atoms with Crippen LogP contribution >= 0.6 is 0 Å². The van der Waals surface area contributed by atoms with Crippen molar-refractivity contribution < 1.29 is 0 Å². The zero-order chi connectivity index (χ0) is 11.9. The predicted octanol–water partition coefficient (Wildman–Crippen LogP) is 1.91. The van der Waals surface area contributed by atoms with E-state index >= 15 is 0 Å². The van der Waals surface area contributed by atoms with E-state index < -0.39 is 0 Å². The van der Waals surface area contributed by atoms with Gasteiger partial charge in [-0.3, -0.25) is 4.79 Å². The molecule has 16 heavy (non-hydrogen) atoms. The molecule has 0 N–H and O–H groups in total. The van der Waals surface area contributed by atoms with Gasteiger partial charge in [0.1, 0.15) is 0 Å². The summed E-state index contributed by atoms with van der Waals surface area (Å²) in [5, 5.41) is 1.12. The van der Waals surface area contributed by atoms with E-state index in [1.807, 2.05) is 51.2 Å². The van der Waals surface area contributed by atoms with Crippen molar-refractivity contribution in [2.24, 2.45) is 7.05 Å². The van der Waals surface area contributed by atoms with Crippen LogP contribution in [0.15, 0.2) is 29.1 Å². The van der Waals surface area contributed by atoms with Crippen molar-refractivity contribution >= 4 is 16.6 Å². The minimum Gasteiger partial charge on any atom is -0.377 e. The third-order valence-electron chi connectivity index (χ3n) is 2.95. The second kappa shape index (κ2) is 3.67. The minimum absolute atomic E-state index is 0.0717. The molecule has 0 fully saturated rings. The third kappa shape index (κ3) is 1.40. The van der Waals surface area contributed by atoms with Crippen LogP contribution in [0.4, 0.5) is 5.69 Å². The van der Waals surface area contributed by atoms with Gasteiger partial charge in [-0.2, -0.15) is 0 Å². The Kier molecular flexibility index (Phi) is 2.46. The van der Waals surface area contributed by atoms with Crippen molar-refractivity contribution in [3.8, 4) is 0 Å². The number of nitrogens with zero attached hydrogens (tertiary/aromatic N) is 2. The van der Waals surface area contributed by atoms with Gasteiger partial charge >= 0.3 is 0 Å². The summed E-state index contributed by atoms with van der Waals surface area (Å²) in [4.78, 5) is 14.0. The minimum atomic E-state index is 0.0717. The fourth-order valence-electron chi connectivity index (χ4n) is 2.21. The van der Waals surface area contributed by atoms with Gasteiger partial charge < -0.3 is 9.47 Å². The van der Waals surface area contributed by atoms with Crippen molar-refractivity contribution in [3.05, 3.63) is 40.2 Å². The molecule has 0 unspecified atom stereocenters. The molecule has 0 saturated carbocycles. The molecule has 3 nitrogen and oxygen atoms in total. The van der Waals surface area contributed by atoms with Crippen LogP contribution in [0.25, 0.3) is 10.9 Å². The molecule has 0 spiro atoms. The highest BCUT2D eigenvalue weighted by molar-refractivity contribution is 5.93. The van der Waals surface area contributed by atoms with Crippen molar-refractivity contribution in [1.29, 1.82) is 0 Å². The van der Waals surface area contributed by atoms with E-state index in [2.05, 4.69) is 6.07 Å². The van der Waals surface area contributed by atoms with E-state index in [-0.39, 0.29) is 5.56 Å². The third-order valence-corrected chi connectivity index (χ3v) is 2.95. The van der Waals surface area contributed by atoms with E-state index in [0.29, 0.717) is 0 Å². The molecule has 0 bridgehead atoms. The molecular weight excluding hydrogens is 200 g/mol. The van der Waals surface area contributed by atoms with Crippen LogP contribution in [0.5, 0.6) is 0 Å². The second-order valence-electron chi connectivity index (χ2n) is 4.25. The van der Waals surface area contributed by atoms with Crippen LogP contribution in [0.3, 0.4) is 0 Å². The van der Waals surface area contributed by atoms with Gasteiger partial charge in [-0.1, -0.05) is 18.2 Å². The number of fused-ring (bicyclic) bond motifs is 1. The fourth-order valence-corrected chi connectivity index (χ4v) is 2.21. The first-order valence-electron chi connectivity index (χ1n) is 5.29. The van der Waals surface area contributed by atoms with Gasteiger partial charge in [-0.15, -0.1) is 0 Å². The summed E-state index contributed by atoms with van der Waals surface area (Å²) in [7, 11) is 5.75. The van der Waals surface area contributed by atoms with Gasteiger partial charge in [-0.25, -0.2) is 0 Å². The van der Waals surface area contributed by atoms with Gasteiger partial charge in [0.25, 0.3) is 5.56 Å². The number of anilines is 1. The van der Waals surface area contributed by atoms with Crippen molar-refractivity contribution in [2.45, 2.75) is 6.92 Å². The Hall–Kier alpha value is -1.77. The molecule has 2 aromatic rings. The first-order valence-corrected chi connectivity index (χ1v) is 5.29. The molecule has 0 amide bonds. The van der Waals surface area contributed by atoms with Crippen LogP contribution in [0.2, 0.25) is 0 Å². The average Bonchev–Trinajstić information content (AvgIpc) is 2.26. The molecule has 1 aromatic heterocycles. The Morgan fingerprint density at radius 3 is 2.44 bits per heavy atom. The van der Waals surface area contributed by atoms with Crippen LogP contribution in [0, 0.1) is 6.92 Å². The number of aryl methyl sites for hydroxylation is 1. The van der Waals surface area contributed by atoms with Crippen molar-refractivity contribution in [2.75, 3.05) is 19.0 Å². The van der Waals surface area contributed by atoms with Gasteiger partial charge in [0.15, 0.2) is 0 Å². The SMILES string of the molecule is Cc1c(N(C)C)c2ccccc2n(C)c1=O. The Balaban J connectivity index is 3.04. The molecule has 84 valence electrons. The molecule has 1 aromatic carbocycles. The number of benzene rings is 1. The highest BCUT2D eigenvalue weighted by atomic mass is 16.1. The molecule has 0 aliphatic carbocycles. The standard InChI is InChI=1S/C13H16N2O/c1-9-12(14(2)3)10-7-5-6-8-11(10)15(4)13(9)16/h5-8H,1-4H3. The van der Waals surface area contributed by atoms with Gasteiger partial charge in [0, 0.05) is 32.1 Å². The maximum Gasteiger partial charge on any atom is 0.255 e. The zero-order valence-electron chi connectivity index (χ0n) is 10.1. The Bertz CT molecular complexity index is 597. The monoisotopic (exact) mass is 216 g/mol. The molecule has 0 atom stereocenters. The van der Waals surface area contributed by atoms with E-state index in [1.54, 1.807) is 4.57 Å². The normalized spacial score (nSPS) is 10.8. The molecule has 0 aliphatic heterocycles. The fraction of sp³-hybridized carbons (Fsp3) is 0.308. The number of hydrogen-bond donors (Lipinski definition) is 0. The predicted molar refractivity (Wildman–Crippen MR) is 68.3 cm³/mol. The quantitative estimate of drug-likeness (QED) is 0.727. The number of hydrogen-bond acceptors (Lipinski definition) is 2. The molecular formula is C13H16N2O. The summed E-state index contributed by atoms with van der Waals surface area (Å²) in [6, 6.07) is 7.98. The largest absolute Gasteiger partial charge is 0.377 e. The summed E-state index contributed by atoms with van der Waals surface area (Å²) >= 11 is 0. The number of pyridine rings is 1. The van der Waals surface area contributed by atoms with Crippen LogP contribution < -0.4 is 10.5 Å². The van der Waals surface area contributed by atoms with Crippen molar-refractivity contribution in [1.82, 2.24) is 4.57 Å². The van der Waals surface area contributed by atoms with Crippen LogP contribution in [-0.4, -0.2) is 18.7 Å². The van der Waals surface area contributed by atoms with E-state index in [0.717, 1.165) is 22.2 Å². The Morgan fingerprint density at radius 2 is 1.81 bits per heavy atom. The number of aromatic nitrogens is 1. The Morgan fingerprint density at radius 1 is 1.19 bits per heavy atom. The van der Waals surface area contributed by atoms with Crippen molar-refractivity contribution in [3.63, 3.8) is 0 Å². The lowest BCUT2D eigenvalue weighted by molar-refractivity contribution is 0.889. The maximum absolute atomic E-state index is 12.0. The highest BCUT2D eigenvalue weighted by Crippen LogP contribution is 2.26. The van der Waals surface area contributed by atoms with Crippen LogP contribution in [-0.2, 0) is 7.05 Å². The van der Waals surface area contributed by atoms with E-state index in [1.165, 1.54) is 0 Å². The molecule has 1 heterocycles. The lowest BCUT2D eigenvalue weighted by atomic mass is 10.1. The Labute approximate surface area is 94.9 Å². The zero-order valence-corrected chi connectivity index (χ0v) is 10.1. The number of para-hydroxylation sites is 1. The summed E-state index contributed by atoms with van der Waals surface area (Å²) < 4.78 is 1.71. The first-order chi connectivity index (χ1) is 7.54. The second-order valence-corrected chi connectivity index (χ2v) is 4.25. The topological polar surface area (TPSA) is 25.2 Å². The first kappa shape index (κ1) is 10.7. The van der Waals surface area contributed by atoms with Gasteiger partial charge in [0.05, 0.1) is 11.2 Å². The summed E-state index contributed by atoms with van der Waals surface area (Å²) in [6.45, 7) is 1.88. The summed E-state index contributed by atoms with van der Waals surface area (Å²) in [6.07, 6.45) is 0. The summed E-state index contributed by atoms with van der Waals surface area (Å²) in [5.74, 6) is 0. The summed E-state index contributed by atoms with van der Waals surface area (Å²) in [5.41, 5.74) is 2.86. The average molecular weight is 216 g/mol. The highest BCUT2D eigenvalue weighted by Gasteiger charge is 2.12. The molecule has 0 saturated heterocycles. The molecule has 3 heteroatoms. The maximum atomic E-state index is 12.0. The smallest absolute Gasteiger partial charge is 0.255 e. The van der Waals surface area contributed by atoms with E-state index in [9.17, 15) is 4.79 Å². The molecule has 0 radical (unpaired) electrons.